The van der Waals surface area contributed by atoms with E-state index in [1.807, 2.05) is 98.8 Å². The minimum absolute atomic E-state index is 0.0607. The van der Waals surface area contributed by atoms with Crippen molar-refractivity contribution in [2.24, 2.45) is 5.73 Å². The Morgan fingerprint density at radius 1 is 0.634 bits per heavy atom. The molecule has 82 heavy (non-hydrogen) atoms. The first-order valence-corrected chi connectivity index (χ1v) is 30.1. The molecule has 9 atom stereocenters. The maximum atomic E-state index is 14.7. The van der Waals surface area contributed by atoms with Gasteiger partial charge in [0.1, 0.15) is 42.2 Å². The van der Waals surface area contributed by atoms with Crippen LogP contribution in [-0.2, 0) is 65.8 Å². The van der Waals surface area contributed by atoms with E-state index in [-0.39, 0.29) is 57.7 Å². The van der Waals surface area contributed by atoms with Gasteiger partial charge in [-0.1, -0.05) is 175 Å². The van der Waals surface area contributed by atoms with Crippen LogP contribution >= 0.6 is 0 Å². The number of ether oxygens (including phenoxy) is 2. The Labute approximate surface area is 485 Å². The zero-order valence-corrected chi connectivity index (χ0v) is 48.6. The second-order valence-corrected chi connectivity index (χ2v) is 22.5. The van der Waals surface area contributed by atoms with Gasteiger partial charge in [-0.25, -0.2) is 0 Å². The smallest absolute Gasteiger partial charge is 0.252 e. The van der Waals surface area contributed by atoms with Gasteiger partial charge in [0.15, 0.2) is 12.4 Å². The number of nitrogens with zero attached hydrogens (tertiary/aromatic N) is 1. The molecule has 4 aromatic rings. The average molecular weight is 1130 g/mol. The molecule has 5 amide bonds. The van der Waals surface area contributed by atoms with Crippen LogP contribution in [0.4, 0.5) is 0 Å². The molecule has 2 heterocycles. The Balaban J connectivity index is 1.05. The highest BCUT2D eigenvalue weighted by Crippen LogP contribution is 2.28. The minimum Gasteiger partial charge on any atom is -0.508 e. The number of carbonyl (C=O) groups excluding carboxylic acids is 5. The van der Waals surface area contributed by atoms with Crippen molar-refractivity contribution in [2.75, 3.05) is 13.2 Å². The fraction of sp³-hybridized carbons (Fsp3) is 0.554. The maximum absolute atomic E-state index is 14.7. The molecule has 17 nitrogen and oxygen atoms in total. The number of hydrogen-bond donors (Lipinski definition) is 9. The van der Waals surface area contributed by atoms with Crippen molar-refractivity contribution in [3.63, 3.8) is 0 Å². The molecule has 0 spiro atoms. The fourth-order valence-corrected chi connectivity index (χ4v) is 11.1. The van der Waals surface area contributed by atoms with Crippen LogP contribution in [0.25, 0.3) is 0 Å². The lowest BCUT2D eigenvalue weighted by Gasteiger charge is -2.39. The van der Waals surface area contributed by atoms with Crippen LogP contribution in [-0.4, -0.2) is 123 Å². The third kappa shape index (κ3) is 20.3. The summed E-state index contributed by atoms with van der Waals surface area (Å²) in [4.78, 5) is 72.8. The molecule has 17 heteroatoms. The number of nitrogens with two attached hydrogens (primary N) is 1. The van der Waals surface area contributed by atoms with E-state index < -0.39 is 84.4 Å². The van der Waals surface area contributed by atoms with Crippen LogP contribution in [0.3, 0.4) is 0 Å². The average Bonchev–Trinajstić information content (AvgIpc) is 3.56. The number of hydrogen-bond acceptors (Lipinski definition) is 12. The number of aromatic hydroxyl groups is 1. The first-order chi connectivity index (χ1) is 39.6. The second-order valence-electron chi connectivity index (χ2n) is 22.5. The van der Waals surface area contributed by atoms with E-state index in [0.29, 0.717) is 19.3 Å². The standard InChI is InChI=1S/C65H92N6O11/c1-4-5-6-7-8-9-10-11-12-13-14-15-16-27-36-81-65-58(75)56(73)57(74)59(82-65)63(79)67-35-26-25-34-53(60(76)68-42-47-30-21-18-22-31-47)69-61(77)54(39-46-28-19-17-20-29-46)70-62(78)55-40-48-32-23-24-33-49(48)43-71(55)64(80)52(66)41-51-44(2)37-50(72)38-45(51)3/h17-24,28-33,37-38,52-59,65,72-75H,4-16,25-27,34-36,39-43,66H2,1-3H3,(H,67,79)(H,68,76)(H,69,77)(H,70,78)/t52-,53-,54-,55-,56-,57-,58+,59-,65+/m0/s1. The topological polar surface area (TPSA) is 262 Å². The summed E-state index contributed by atoms with van der Waals surface area (Å²) in [5, 5.41) is 53.9. The summed E-state index contributed by atoms with van der Waals surface area (Å²) < 4.78 is 11.5. The van der Waals surface area contributed by atoms with E-state index in [9.17, 15) is 44.4 Å². The van der Waals surface area contributed by atoms with Crippen molar-refractivity contribution in [2.45, 2.75) is 217 Å². The molecule has 1 saturated heterocycles. The Bertz CT molecular complexity index is 2580. The molecule has 0 unspecified atom stereocenters. The van der Waals surface area contributed by atoms with Gasteiger partial charge in [-0.2, -0.15) is 0 Å². The second kappa shape index (κ2) is 34.4. The molecule has 2 aliphatic rings. The predicted octanol–water partition coefficient (Wildman–Crippen LogP) is 6.95. The van der Waals surface area contributed by atoms with Crippen molar-refractivity contribution in [1.29, 1.82) is 0 Å². The Morgan fingerprint density at radius 2 is 1.21 bits per heavy atom. The minimum atomic E-state index is -1.71. The first-order valence-electron chi connectivity index (χ1n) is 30.1. The van der Waals surface area contributed by atoms with Crippen LogP contribution in [0.5, 0.6) is 5.75 Å². The van der Waals surface area contributed by atoms with E-state index in [2.05, 4.69) is 28.2 Å². The van der Waals surface area contributed by atoms with Gasteiger partial charge < -0.3 is 61.8 Å². The number of aliphatic hydroxyl groups is 3. The largest absolute Gasteiger partial charge is 0.508 e. The highest BCUT2D eigenvalue weighted by molar-refractivity contribution is 5.95. The molecule has 0 bridgehead atoms. The van der Waals surface area contributed by atoms with Gasteiger partial charge in [-0.3, -0.25) is 24.0 Å². The number of fused-ring (bicyclic) bond motifs is 1. The Morgan fingerprint density at radius 3 is 1.83 bits per heavy atom. The molecule has 10 N–H and O–H groups in total. The zero-order chi connectivity index (χ0) is 58.8. The lowest BCUT2D eigenvalue weighted by molar-refractivity contribution is -0.290. The molecule has 0 saturated carbocycles. The molecule has 2 aliphatic heterocycles. The van der Waals surface area contributed by atoms with Crippen molar-refractivity contribution in [3.05, 3.63) is 136 Å². The third-order valence-corrected chi connectivity index (χ3v) is 15.9. The summed E-state index contributed by atoms with van der Waals surface area (Å²) in [7, 11) is 0. The van der Waals surface area contributed by atoms with Gasteiger partial charge in [-0.05, 0) is 97.0 Å². The van der Waals surface area contributed by atoms with Crippen LogP contribution in [0.15, 0.2) is 97.1 Å². The van der Waals surface area contributed by atoms with Crippen molar-refractivity contribution < 1.29 is 53.9 Å². The number of amides is 5. The van der Waals surface area contributed by atoms with E-state index in [4.69, 9.17) is 15.2 Å². The zero-order valence-electron chi connectivity index (χ0n) is 48.6. The summed E-state index contributed by atoms with van der Waals surface area (Å²) in [6.07, 6.45) is 10.2. The van der Waals surface area contributed by atoms with Crippen LogP contribution in [0, 0.1) is 13.8 Å². The van der Waals surface area contributed by atoms with Gasteiger partial charge >= 0.3 is 0 Å². The highest BCUT2D eigenvalue weighted by Gasteiger charge is 2.47. The summed E-state index contributed by atoms with van der Waals surface area (Å²) in [6.45, 7) is 6.56. The number of carbonyl (C=O) groups is 5. The molecule has 4 aromatic carbocycles. The van der Waals surface area contributed by atoms with Gasteiger partial charge in [-0.15, -0.1) is 0 Å². The van der Waals surface area contributed by atoms with Crippen molar-refractivity contribution in [1.82, 2.24) is 26.2 Å². The number of nitrogens with one attached hydrogen (secondary N) is 4. The molecular weight excluding hydrogens is 1040 g/mol. The normalized spacial score (nSPS) is 19.8. The van der Waals surface area contributed by atoms with Crippen LogP contribution in [0.1, 0.15) is 155 Å². The summed E-state index contributed by atoms with van der Waals surface area (Å²) >= 11 is 0. The van der Waals surface area contributed by atoms with E-state index in [0.717, 1.165) is 58.2 Å². The van der Waals surface area contributed by atoms with Crippen molar-refractivity contribution in [3.8, 4) is 5.75 Å². The highest BCUT2D eigenvalue weighted by atomic mass is 16.7. The van der Waals surface area contributed by atoms with E-state index in [1.165, 1.54) is 69.1 Å². The monoisotopic (exact) mass is 1130 g/mol. The van der Waals surface area contributed by atoms with Gasteiger partial charge in [0, 0.05) is 39.1 Å². The van der Waals surface area contributed by atoms with E-state index in [1.54, 1.807) is 12.1 Å². The number of benzene rings is 4. The number of unbranched alkanes of at least 4 members (excludes halogenated alkanes) is 14. The quantitative estimate of drug-likeness (QED) is 0.0215. The third-order valence-electron chi connectivity index (χ3n) is 15.9. The van der Waals surface area contributed by atoms with Crippen molar-refractivity contribution >= 4 is 29.5 Å². The Kier molecular flexibility index (Phi) is 27.3. The Hall–Kier alpha value is -6.21. The van der Waals surface area contributed by atoms with Crippen LogP contribution < -0.4 is 27.0 Å². The SMILES string of the molecule is CCCCCCCCCCCCCCCCO[C@@H]1O[C@H](C(=O)NCCCC[C@H](NC(=O)[C@H](Cc2ccccc2)NC(=O)[C@@H]2Cc3ccccc3CN2C(=O)[C@@H](N)Cc2c(C)cc(O)cc2C)C(=O)NCc2ccccc2)[C@@H](O)[C@H](O)[C@H]1O. The van der Waals surface area contributed by atoms with Gasteiger partial charge in [0.25, 0.3) is 5.91 Å². The molecule has 0 aromatic heterocycles. The number of phenols is 1. The fourth-order valence-electron chi connectivity index (χ4n) is 11.1. The lowest BCUT2D eigenvalue weighted by atomic mass is 9.91. The number of rotatable bonds is 34. The molecule has 1 fully saturated rings. The first kappa shape index (κ1) is 65.0. The molecule has 448 valence electrons. The lowest BCUT2D eigenvalue weighted by Crippen LogP contribution is -2.62. The number of aliphatic hydroxyl groups excluding tert-OH is 3. The summed E-state index contributed by atoms with van der Waals surface area (Å²) in [5.41, 5.74) is 12.4. The van der Waals surface area contributed by atoms with Crippen LogP contribution in [0.2, 0.25) is 0 Å². The predicted molar refractivity (Wildman–Crippen MR) is 316 cm³/mol. The molecule has 6 rings (SSSR count). The summed E-state index contributed by atoms with van der Waals surface area (Å²) in [5.74, 6) is -2.70. The van der Waals surface area contributed by atoms with Gasteiger partial charge in [0.05, 0.1) is 6.04 Å². The molecular formula is C65H92N6O11. The maximum Gasteiger partial charge on any atom is 0.252 e. The number of aryl methyl sites for hydroxylation is 2. The van der Waals surface area contributed by atoms with E-state index >= 15 is 0 Å². The van der Waals surface area contributed by atoms with Gasteiger partial charge in [0.2, 0.25) is 23.6 Å². The number of phenolic OH excluding ortho intramolecular Hbond substituents is 1. The molecule has 0 radical (unpaired) electrons. The summed E-state index contributed by atoms with van der Waals surface area (Å²) in [6, 6.07) is 24.9. The molecule has 0 aliphatic carbocycles.